The zero-order valence-corrected chi connectivity index (χ0v) is 11.4. The average molecular weight is 248 g/mol. The Morgan fingerprint density at radius 2 is 2.11 bits per heavy atom. The van der Waals surface area contributed by atoms with Crippen molar-refractivity contribution < 1.29 is 14.6 Å². The molecular weight excluding hydrogens is 228 g/mol. The Labute approximate surface area is 108 Å². The molecule has 98 valence electrons. The predicted molar refractivity (Wildman–Crippen MR) is 72.8 cm³/mol. The highest BCUT2D eigenvalue weighted by molar-refractivity contribution is 5.91. The van der Waals surface area contributed by atoms with Crippen molar-refractivity contribution in [3.8, 4) is 5.75 Å². The lowest BCUT2D eigenvalue weighted by Gasteiger charge is -2.14. The summed E-state index contributed by atoms with van der Waals surface area (Å²) in [5.74, 6) is 0.184. The summed E-state index contributed by atoms with van der Waals surface area (Å²) >= 11 is 0. The number of aliphatic carboxylic acids is 1. The van der Waals surface area contributed by atoms with Crippen molar-refractivity contribution in [2.24, 2.45) is 5.92 Å². The van der Waals surface area contributed by atoms with E-state index in [1.807, 2.05) is 25.1 Å². The van der Waals surface area contributed by atoms with Gasteiger partial charge in [0.25, 0.3) is 0 Å². The van der Waals surface area contributed by atoms with Crippen molar-refractivity contribution in [2.45, 2.75) is 27.2 Å². The average Bonchev–Trinajstić information content (AvgIpc) is 2.26. The third-order valence-electron chi connectivity index (χ3n) is 2.63. The molecular formula is C15H20O3. The standard InChI is InChI=1S/C15H20O3/c1-10(2)7-12(9-15(16)17)13-8-11(3)5-6-14(13)18-4/h5-6,8-10H,7H2,1-4H3,(H,16,17)/b12-9+. The van der Waals surface area contributed by atoms with Crippen molar-refractivity contribution in [1.29, 1.82) is 0 Å². The number of rotatable bonds is 5. The van der Waals surface area contributed by atoms with E-state index in [-0.39, 0.29) is 0 Å². The van der Waals surface area contributed by atoms with Gasteiger partial charge in [-0.05, 0) is 37.0 Å². The summed E-state index contributed by atoms with van der Waals surface area (Å²) in [6, 6.07) is 5.80. The van der Waals surface area contributed by atoms with Crippen molar-refractivity contribution in [3.63, 3.8) is 0 Å². The second-order valence-electron chi connectivity index (χ2n) is 4.81. The molecule has 0 amide bonds. The topological polar surface area (TPSA) is 46.5 Å². The summed E-state index contributed by atoms with van der Waals surface area (Å²) in [7, 11) is 1.60. The molecule has 0 bridgehead atoms. The fraction of sp³-hybridized carbons (Fsp3) is 0.400. The summed E-state index contributed by atoms with van der Waals surface area (Å²) < 4.78 is 5.31. The molecule has 0 unspecified atom stereocenters. The first-order valence-electron chi connectivity index (χ1n) is 6.02. The summed E-state index contributed by atoms with van der Waals surface area (Å²) in [4.78, 5) is 10.9. The van der Waals surface area contributed by atoms with E-state index < -0.39 is 5.97 Å². The number of aryl methyl sites for hydroxylation is 1. The first kappa shape index (κ1) is 14.3. The maximum absolute atomic E-state index is 10.9. The number of benzene rings is 1. The van der Waals surface area contributed by atoms with E-state index in [1.165, 1.54) is 6.08 Å². The molecule has 1 rings (SSSR count). The van der Waals surface area contributed by atoms with Crippen LogP contribution in [-0.4, -0.2) is 18.2 Å². The van der Waals surface area contributed by atoms with Crippen LogP contribution >= 0.6 is 0 Å². The number of hydrogen-bond donors (Lipinski definition) is 1. The highest BCUT2D eigenvalue weighted by Gasteiger charge is 2.12. The fourth-order valence-corrected chi connectivity index (χ4v) is 1.91. The second-order valence-corrected chi connectivity index (χ2v) is 4.81. The van der Waals surface area contributed by atoms with Crippen LogP contribution in [0.1, 0.15) is 31.4 Å². The van der Waals surface area contributed by atoms with E-state index in [1.54, 1.807) is 7.11 Å². The number of carboxylic acid groups (broad SMARTS) is 1. The monoisotopic (exact) mass is 248 g/mol. The lowest BCUT2D eigenvalue weighted by molar-refractivity contribution is -0.131. The van der Waals surface area contributed by atoms with Gasteiger partial charge in [0.15, 0.2) is 0 Å². The molecule has 0 spiro atoms. The molecule has 0 saturated heterocycles. The van der Waals surface area contributed by atoms with Gasteiger partial charge < -0.3 is 9.84 Å². The smallest absolute Gasteiger partial charge is 0.328 e. The Hall–Kier alpha value is -1.77. The highest BCUT2D eigenvalue weighted by Crippen LogP contribution is 2.31. The Bertz CT molecular complexity index is 459. The third-order valence-corrected chi connectivity index (χ3v) is 2.63. The van der Waals surface area contributed by atoms with Crippen LogP contribution in [0, 0.1) is 12.8 Å². The number of hydrogen-bond acceptors (Lipinski definition) is 2. The molecule has 0 saturated carbocycles. The van der Waals surface area contributed by atoms with Crippen LogP contribution in [0.5, 0.6) is 5.75 Å². The maximum Gasteiger partial charge on any atom is 0.328 e. The van der Waals surface area contributed by atoms with Gasteiger partial charge in [-0.2, -0.15) is 0 Å². The quantitative estimate of drug-likeness (QED) is 0.811. The summed E-state index contributed by atoms with van der Waals surface area (Å²) in [6.07, 6.45) is 1.99. The molecule has 3 nitrogen and oxygen atoms in total. The summed E-state index contributed by atoms with van der Waals surface area (Å²) in [5, 5.41) is 8.97. The minimum absolute atomic E-state index is 0.390. The van der Waals surface area contributed by atoms with Gasteiger partial charge in [-0.15, -0.1) is 0 Å². The van der Waals surface area contributed by atoms with E-state index >= 15 is 0 Å². The van der Waals surface area contributed by atoms with Crippen molar-refractivity contribution in [3.05, 3.63) is 35.4 Å². The molecule has 1 N–H and O–H groups in total. The molecule has 0 radical (unpaired) electrons. The molecule has 0 aliphatic carbocycles. The molecule has 0 fully saturated rings. The van der Waals surface area contributed by atoms with Crippen LogP contribution in [0.2, 0.25) is 0 Å². The number of allylic oxidation sites excluding steroid dienone is 1. The van der Waals surface area contributed by atoms with E-state index in [9.17, 15) is 4.79 Å². The molecule has 1 aromatic rings. The van der Waals surface area contributed by atoms with Gasteiger partial charge in [-0.1, -0.05) is 25.5 Å². The molecule has 3 heteroatoms. The fourth-order valence-electron chi connectivity index (χ4n) is 1.91. The Kier molecular flexibility index (Phi) is 4.95. The molecule has 1 aromatic carbocycles. The molecule has 0 aromatic heterocycles. The van der Waals surface area contributed by atoms with Crippen LogP contribution in [0.25, 0.3) is 5.57 Å². The Balaban J connectivity index is 3.27. The number of ether oxygens (including phenoxy) is 1. The minimum Gasteiger partial charge on any atom is -0.496 e. The lowest BCUT2D eigenvalue weighted by Crippen LogP contribution is -1.99. The van der Waals surface area contributed by atoms with Crippen molar-refractivity contribution in [2.75, 3.05) is 7.11 Å². The van der Waals surface area contributed by atoms with E-state index in [4.69, 9.17) is 9.84 Å². The van der Waals surface area contributed by atoms with E-state index in [0.29, 0.717) is 18.1 Å². The molecule has 0 aliphatic heterocycles. The van der Waals surface area contributed by atoms with Crippen LogP contribution in [0.4, 0.5) is 0 Å². The maximum atomic E-state index is 10.9. The highest BCUT2D eigenvalue weighted by atomic mass is 16.5. The second kappa shape index (κ2) is 6.24. The Morgan fingerprint density at radius 3 is 2.61 bits per heavy atom. The largest absolute Gasteiger partial charge is 0.496 e. The van der Waals surface area contributed by atoms with E-state index in [0.717, 1.165) is 16.7 Å². The van der Waals surface area contributed by atoms with Gasteiger partial charge in [-0.3, -0.25) is 0 Å². The van der Waals surface area contributed by atoms with Gasteiger partial charge in [0.2, 0.25) is 0 Å². The lowest BCUT2D eigenvalue weighted by atomic mass is 9.94. The minimum atomic E-state index is -0.922. The first-order valence-corrected chi connectivity index (χ1v) is 6.02. The number of carbonyl (C=O) groups is 1. The first-order chi connectivity index (χ1) is 8.43. The SMILES string of the molecule is COc1ccc(C)cc1/C(=C/C(=O)O)CC(C)C. The van der Waals surface area contributed by atoms with Gasteiger partial charge in [0, 0.05) is 11.6 Å². The number of carboxylic acids is 1. The zero-order chi connectivity index (χ0) is 13.7. The zero-order valence-electron chi connectivity index (χ0n) is 11.4. The molecule has 0 aliphatic rings. The van der Waals surface area contributed by atoms with Gasteiger partial charge in [-0.25, -0.2) is 4.79 Å². The molecule has 18 heavy (non-hydrogen) atoms. The van der Waals surface area contributed by atoms with Crippen LogP contribution in [0.3, 0.4) is 0 Å². The summed E-state index contributed by atoms with van der Waals surface area (Å²) in [5.41, 5.74) is 2.76. The van der Waals surface area contributed by atoms with E-state index in [2.05, 4.69) is 13.8 Å². The van der Waals surface area contributed by atoms with Crippen LogP contribution < -0.4 is 4.74 Å². The predicted octanol–water partition coefficient (Wildman–Crippen LogP) is 3.52. The molecule has 0 heterocycles. The van der Waals surface area contributed by atoms with Gasteiger partial charge in [0.1, 0.15) is 5.75 Å². The van der Waals surface area contributed by atoms with Crippen molar-refractivity contribution >= 4 is 11.5 Å². The van der Waals surface area contributed by atoms with Crippen LogP contribution in [0.15, 0.2) is 24.3 Å². The number of methoxy groups -OCH3 is 1. The van der Waals surface area contributed by atoms with Gasteiger partial charge >= 0.3 is 5.97 Å². The third kappa shape index (κ3) is 3.91. The Morgan fingerprint density at radius 1 is 1.44 bits per heavy atom. The molecule has 0 atom stereocenters. The normalized spacial score (nSPS) is 11.7. The van der Waals surface area contributed by atoms with Crippen molar-refractivity contribution in [1.82, 2.24) is 0 Å². The summed E-state index contributed by atoms with van der Waals surface area (Å²) in [6.45, 7) is 6.12. The van der Waals surface area contributed by atoms with Gasteiger partial charge in [0.05, 0.1) is 7.11 Å². The van der Waals surface area contributed by atoms with Crippen LogP contribution in [-0.2, 0) is 4.79 Å².